The molecule has 2 aromatic carbocycles. The molecule has 1 atom stereocenters. The maximum absolute atomic E-state index is 14.1. The summed E-state index contributed by atoms with van der Waals surface area (Å²) in [6.07, 6.45) is 3.15. The number of benzene rings is 2. The molecular formula is C23H24FN5O2. The summed E-state index contributed by atoms with van der Waals surface area (Å²) in [5.74, 6) is -0.464. The van der Waals surface area contributed by atoms with Gasteiger partial charge in [-0.25, -0.2) is 9.37 Å². The Kier molecular flexibility index (Phi) is 5.79. The first kappa shape index (κ1) is 20.7. The molecule has 2 amide bonds. The van der Waals surface area contributed by atoms with Gasteiger partial charge in [0.25, 0.3) is 5.91 Å². The minimum atomic E-state index is -0.748. The summed E-state index contributed by atoms with van der Waals surface area (Å²) < 4.78 is 14.1. The van der Waals surface area contributed by atoms with Gasteiger partial charge in [0.2, 0.25) is 11.7 Å². The third kappa shape index (κ3) is 4.19. The Morgan fingerprint density at radius 3 is 2.65 bits per heavy atom. The lowest BCUT2D eigenvalue weighted by atomic mass is 9.74. The number of aromatic amines is 1. The molecule has 1 fully saturated rings. The second-order valence-electron chi connectivity index (χ2n) is 7.88. The van der Waals surface area contributed by atoms with Crippen molar-refractivity contribution >= 4 is 11.8 Å². The molecule has 1 saturated heterocycles. The van der Waals surface area contributed by atoms with E-state index in [1.165, 1.54) is 12.4 Å². The number of halogens is 1. The Labute approximate surface area is 179 Å². The average Bonchev–Trinajstić information content (AvgIpc) is 3.34. The Hall–Kier alpha value is -3.55. The van der Waals surface area contributed by atoms with E-state index in [1.54, 1.807) is 30.1 Å². The van der Waals surface area contributed by atoms with Crippen molar-refractivity contribution in [2.45, 2.75) is 19.3 Å². The summed E-state index contributed by atoms with van der Waals surface area (Å²) in [6, 6.07) is 14.2. The third-order valence-electron chi connectivity index (χ3n) is 5.87. The molecule has 0 radical (unpaired) electrons. The van der Waals surface area contributed by atoms with Crippen LogP contribution >= 0.6 is 0 Å². The van der Waals surface area contributed by atoms with E-state index in [-0.39, 0.29) is 23.5 Å². The van der Waals surface area contributed by atoms with Crippen LogP contribution in [0.2, 0.25) is 0 Å². The van der Waals surface area contributed by atoms with Gasteiger partial charge in [0.05, 0.1) is 5.41 Å². The molecule has 0 bridgehead atoms. The number of carbonyl (C=O) groups excluding carboxylic acids is 2. The maximum atomic E-state index is 14.1. The molecule has 31 heavy (non-hydrogen) atoms. The van der Waals surface area contributed by atoms with Crippen molar-refractivity contribution in [3.63, 3.8) is 0 Å². The zero-order valence-electron chi connectivity index (χ0n) is 17.3. The van der Waals surface area contributed by atoms with Gasteiger partial charge in [0, 0.05) is 25.7 Å². The lowest BCUT2D eigenvalue weighted by molar-refractivity contribution is -0.133. The number of hydrogen-bond donors (Lipinski definition) is 2. The molecule has 1 aliphatic rings. The highest BCUT2D eigenvalue weighted by molar-refractivity contribution is 5.91. The fourth-order valence-corrected chi connectivity index (χ4v) is 4.33. The van der Waals surface area contributed by atoms with Crippen molar-refractivity contribution in [3.8, 4) is 11.1 Å². The van der Waals surface area contributed by atoms with Crippen LogP contribution in [0.1, 0.15) is 29.0 Å². The van der Waals surface area contributed by atoms with Crippen LogP contribution in [0.4, 0.5) is 4.39 Å². The topological polar surface area (TPSA) is 91.0 Å². The quantitative estimate of drug-likeness (QED) is 0.663. The zero-order chi connectivity index (χ0) is 21.8. The summed E-state index contributed by atoms with van der Waals surface area (Å²) in [6.45, 7) is 0.853. The molecule has 4 rings (SSSR count). The predicted molar refractivity (Wildman–Crippen MR) is 114 cm³/mol. The van der Waals surface area contributed by atoms with Gasteiger partial charge in [-0.1, -0.05) is 42.5 Å². The lowest BCUT2D eigenvalue weighted by Gasteiger charge is -2.41. The molecule has 0 unspecified atom stereocenters. The molecular weight excluding hydrogens is 397 g/mol. The van der Waals surface area contributed by atoms with Crippen molar-refractivity contribution < 1.29 is 14.0 Å². The minimum Gasteiger partial charge on any atom is -0.359 e. The van der Waals surface area contributed by atoms with Crippen LogP contribution in [0, 0.1) is 11.2 Å². The molecule has 8 heteroatoms. The summed E-state index contributed by atoms with van der Waals surface area (Å²) in [7, 11) is 1.61. The standard InChI is InChI=1S/C23H24FN5O2/c1-25-22(31)23(11-4-12-29(14-23)21(30)20-26-15-27-28-20)13-16-7-9-17(10-8-16)18-5-2-3-6-19(18)24/h2-3,5-10,15H,4,11-14H2,1H3,(H,25,31)(H,26,27,28)/t23-/m0/s1. The van der Waals surface area contributed by atoms with Gasteiger partial charge in [-0.3, -0.25) is 14.7 Å². The second-order valence-corrected chi connectivity index (χ2v) is 7.88. The van der Waals surface area contributed by atoms with Crippen LogP contribution < -0.4 is 5.32 Å². The number of rotatable bonds is 5. The van der Waals surface area contributed by atoms with Crippen molar-refractivity contribution in [2.24, 2.45) is 5.41 Å². The van der Waals surface area contributed by atoms with E-state index in [0.29, 0.717) is 37.9 Å². The monoisotopic (exact) mass is 421 g/mol. The number of likely N-dealkylation sites (tertiary alicyclic amines) is 1. The first-order valence-electron chi connectivity index (χ1n) is 10.2. The van der Waals surface area contributed by atoms with E-state index >= 15 is 0 Å². The van der Waals surface area contributed by atoms with Gasteiger partial charge >= 0.3 is 0 Å². The number of nitrogens with one attached hydrogen (secondary N) is 2. The maximum Gasteiger partial charge on any atom is 0.291 e. The van der Waals surface area contributed by atoms with Crippen LogP contribution in [0.3, 0.4) is 0 Å². The second kappa shape index (κ2) is 8.67. The molecule has 2 N–H and O–H groups in total. The highest BCUT2D eigenvalue weighted by Gasteiger charge is 2.43. The number of hydrogen-bond acceptors (Lipinski definition) is 4. The van der Waals surface area contributed by atoms with Gasteiger partial charge in [-0.2, -0.15) is 5.10 Å². The molecule has 0 aliphatic carbocycles. The molecule has 7 nitrogen and oxygen atoms in total. The summed E-state index contributed by atoms with van der Waals surface area (Å²) in [4.78, 5) is 31.3. The van der Waals surface area contributed by atoms with Gasteiger partial charge in [-0.05, 0) is 36.5 Å². The van der Waals surface area contributed by atoms with Crippen LogP contribution in [-0.4, -0.2) is 52.0 Å². The summed E-state index contributed by atoms with van der Waals surface area (Å²) in [5.41, 5.74) is 1.53. The van der Waals surface area contributed by atoms with E-state index in [9.17, 15) is 14.0 Å². The normalized spacial score (nSPS) is 18.6. The van der Waals surface area contributed by atoms with Gasteiger partial charge in [-0.15, -0.1) is 0 Å². The van der Waals surface area contributed by atoms with E-state index in [1.807, 2.05) is 24.3 Å². The van der Waals surface area contributed by atoms with Crippen LogP contribution in [0.5, 0.6) is 0 Å². The fraction of sp³-hybridized carbons (Fsp3) is 0.304. The molecule has 160 valence electrons. The summed E-state index contributed by atoms with van der Waals surface area (Å²) >= 11 is 0. The highest BCUT2D eigenvalue weighted by Crippen LogP contribution is 2.35. The van der Waals surface area contributed by atoms with Crippen molar-refractivity contribution in [1.29, 1.82) is 0 Å². The number of carbonyl (C=O) groups is 2. The first-order valence-corrected chi connectivity index (χ1v) is 10.2. The van der Waals surface area contributed by atoms with E-state index in [4.69, 9.17) is 0 Å². The smallest absolute Gasteiger partial charge is 0.291 e. The number of nitrogens with zero attached hydrogens (tertiary/aromatic N) is 3. The Balaban J connectivity index is 1.57. The fourth-order valence-electron chi connectivity index (χ4n) is 4.33. The van der Waals surface area contributed by atoms with Gasteiger partial charge in [0.1, 0.15) is 12.1 Å². The van der Waals surface area contributed by atoms with Crippen molar-refractivity contribution in [2.75, 3.05) is 20.1 Å². The van der Waals surface area contributed by atoms with E-state index in [2.05, 4.69) is 20.5 Å². The first-order chi connectivity index (χ1) is 15.0. The molecule has 3 aromatic rings. The molecule has 2 heterocycles. The summed E-state index contributed by atoms with van der Waals surface area (Å²) in [5, 5.41) is 9.11. The van der Waals surface area contributed by atoms with Gasteiger partial charge in [0.15, 0.2) is 0 Å². The van der Waals surface area contributed by atoms with Crippen molar-refractivity contribution in [3.05, 3.63) is 72.1 Å². The van der Waals surface area contributed by atoms with Crippen LogP contribution in [0.25, 0.3) is 11.1 Å². The Morgan fingerprint density at radius 1 is 1.19 bits per heavy atom. The van der Waals surface area contributed by atoms with Crippen molar-refractivity contribution in [1.82, 2.24) is 25.4 Å². The van der Waals surface area contributed by atoms with Gasteiger partial charge < -0.3 is 10.2 Å². The Bertz CT molecular complexity index is 1070. The zero-order valence-corrected chi connectivity index (χ0v) is 17.3. The lowest BCUT2D eigenvalue weighted by Crippen LogP contribution is -2.54. The molecule has 0 spiro atoms. The van der Waals surface area contributed by atoms with Crippen LogP contribution in [0.15, 0.2) is 54.9 Å². The molecule has 0 saturated carbocycles. The van der Waals surface area contributed by atoms with E-state index in [0.717, 1.165) is 11.1 Å². The number of aromatic nitrogens is 3. The number of piperidine rings is 1. The molecule has 1 aromatic heterocycles. The largest absolute Gasteiger partial charge is 0.359 e. The number of H-pyrrole nitrogens is 1. The molecule has 1 aliphatic heterocycles. The Morgan fingerprint density at radius 2 is 1.97 bits per heavy atom. The predicted octanol–water partition coefficient (Wildman–Crippen LogP) is 2.82. The average molecular weight is 421 g/mol. The third-order valence-corrected chi connectivity index (χ3v) is 5.87. The van der Waals surface area contributed by atoms with E-state index < -0.39 is 5.41 Å². The minimum absolute atomic E-state index is 0.0965. The SMILES string of the molecule is CNC(=O)[C@]1(Cc2ccc(-c3ccccc3F)cc2)CCCN(C(=O)c2ncn[nH]2)C1. The highest BCUT2D eigenvalue weighted by atomic mass is 19.1. The number of amides is 2. The van der Waals surface area contributed by atoms with Crippen LogP contribution in [-0.2, 0) is 11.2 Å².